The standard InChI is InChI=1S/C18H23N3O3S/c1-21(10-17(22)19-13-5-6-13)9-14-11-25-18(20-14)12-4-7-15(23-2)16(8-12)24-3/h4,7-8,11,13H,5-6,9-10H2,1-3H3,(H,19,22)/p+1. The van der Waals surface area contributed by atoms with Gasteiger partial charge in [0.15, 0.2) is 18.0 Å². The molecule has 1 heterocycles. The molecule has 1 saturated carbocycles. The zero-order valence-electron chi connectivity index (χ0n) is 14.8. The maximum atomic E-state index is 11.9. The highest BCUT2D eigenvalue weighted by molar-refractivity contribution is 7.13. The number of carbonyl (C=O) groups excluding carboxylic acids is 1. The lowest BCUT2D eigenvalue weighted by Gasteiger charge is -2.12. The molecule has 2 aromatic rings. The van der Waals surface area contributed by atoms with Crippen molar-refractivity contribution in [3.63, 3.8) is 0 Å². The number of nitrogens with zero attached hydrogens (tertiary/aromatic N) is 1. The van der Waals surface area contributed by atoms with Crippen molar-refractivity contribution in [2.75, 3.05) is 27.8 Å². The molecule has 1 atom stereocenters. The topological polar surface area (TPSA) is 64.9 Å². The molecule has 6 nitrogen and oxygen atoms in total. The molecule has 0 aliphatic heterocycles. The van der Waals surface area contributed by atoms with Crippen LogP contribution in [0.2, 0.25) is 0 Å². The minimum Gasteiger partial charge on any atom is -0.493 e. The predicted octanol–water partition coefficient (Wildman–Crippen LogP) is 1.12. The summed E-state index contributed by atoms with van der Waals surface area (Å²) in [6.07, 6.45) is 2.23. The van der Waals surface area contributed by atoms with Crippen LogP contribution < -0.4 is 19.7 Å². The van der Waals surface area contributed by atoms with E-state index in [4.69, 9.17) is 14.5 Å². The molecule has 25 heavy (non-hydrogen) atoms. The van der Waals surface area contributed by atoms with Crippen molar-refractivity contribution in [1.29, 1.82) is 0 Å². The number of carbonyl (C=O) groups is 1. The van der Waals surface area contributed by atoms with Crippen LogP contribution in [0.15, 0.2) is 23.6 Å². The van der Waals surface area contributed by atoms with Gasteiger partial charge in [0.05, 0.1) is 21.3 Å². The van der Waals surface area contributed by atoms with E-state index in [9.17, 15) is 4.79 Å². The molecule has 1 aliphatic carbocycles. The van der Waals surface area contributed by atoms with Gasteiger partial charge in [0.2, 0.25) is 0 Å². The quantitative estimate of drug-likeness (QED) is 0.739. The van der Waals surface area contributed by atoms with Crippen molar-refractivity contribution in [2.45, 2.75) is 25.4 Å². The first-order valence-corrected chi connectivity index (χ1v) is 9.24. The second-order valence-electron chi connectivity index (χ2n) is 6.37. The number of quaternary nitrogens is 1. The summed E-state index contributed by atoms with van der Waals surface area (Å²) in [6, 6.07) is 6.20. The maximum absolute atomic E-state index is 11.9. The van der Waals surface area contributed by atoms with E-state index in [1.807, 2.05) is 30.6 Å². The Bertz CT molecular complexity index is 743. The van der Waals surface area contributed by atoms with Gasteiger partial charge in [-0.25, -0.2) is 4.98 Å². The molecule has 1 amide bonds. The van der Waals surface area contributed by atoms with E-state index in [1.54, 1.807) is 25.6 Å². The Balaban J connectivity index is 1.62. The summed E-state index contributed by atoms with van der Waals surface area (Å²) in [5.41, 5.74) is 1.99. The minimum absolute atomic E-state index is 0.121. The highest BCUT2D eigenvalue weighted by Crippen LogP contribution is 2.33. The number of likely N-dealkylation sites (N-methyl/N-ethyl adjacent to an activating group) is 1. The summed E-state index contributed by atoms with van der Waals surface area (Å²) in [5.74, 6) is 1.51. The second kappa shape index (κ2) is 7.84. The third-order valence-corrected chi connectivity index (χ3v) is 5.01. The van der Waals surface area contributed by atoms with Gasteiger partial charge in [-0.2, -0.15) is 0 Å². The number of hydrogen-bond donors (Lipinski definition) is 2. The molecule has 0 saturated heterocycles. The van der Waals surface area contributed by atoms with Crippen molar-refractivity contribution < 1.29 is 19.2 Å². The number of rotatable bonds is 8. The van der Waals surface area contributed by atoms with Gasteiger partial charge in [0.25, 0.3) is 5.91 Å². The number of amides is 1. The lowest BCUT2D eigenvalue weighted by atomic mass is 10.2. The van der Waals surface area contributed by atoms with Gasteiger partial charge in [-0.05, 0) is 31.0 Å². The molecular formula is C18H24N3O3S+. The fourth-order valence-corrected chi connectivity index (χ4v) is 3.46. The average molecular weight is 362 g/mol. The Hall–Kier alpha value is -2.12. The van der Waals surface area contributed by atoms with Crippen molar-refractivity contribution in [2.24, 2.45) is 0 Å². The van der Waals surface area contributed by atoms with E-state index in [0.29, 0.717) is 24.1 Å². The van der Waals surface area contributed by atoms with E-state index >= 15 is 0 Å². The van der Waals surface area contributed by atoms with E-state index in [-0.39, 0.29) is 5.91 Å². The fourth-order valence-electron chi connectivity index (χ4n) is 2.64. The van der Waals surface area contributed by atoms with Gasteiger partial charge in [0.1, 0.15) is 17.2 Å². The minimum atomic E-state index is 0.121. The van der Waals surface area contributed by atoms with Crippen molar-refractivity contribution in [3.8, 4) is 22.1 Å². The Morgan fingerprint density at radius 1 is 1.32 bits per heavy atom. The summed E-state index contributed by atoms with van der Waals surface area (Å²) in [4.78, 5) is 17.7. The molecule has 0 radical (unpaired) electrons. The van der Waals surface area contributed by atoms with Crippen LogP contribution in [0.1, 0.15) is 18.5 Å². The zero-order valence-corrected chi connectivity index (χ0v) is 15.6. The molecule has 1 unspecified atom stereocenters. The highest BCUT2D eigenvalue weighted by Gasteiger charge is 2.24. The fraction of sp³-hybridized carbons (Fsp3) is 0.444. The average Bonchev–Trinajstić information content (AvgIpc) is 3.29. The van der Waals surface area contributed by atoms with Gasteiger partial charge in [-0.3, -0.25) is 4.79 Å². The van der Waals surface area contributed by atoms with Crippen LogP contribution >= 0.6 is 11.3 Å². The lowest BCUT2D eigenvalue weighted by Crippen LogP contribution is -3.09. The van der Waals surface area contributed by atoms with Gasteiger partial charge >= 0.3 is 0 Å². The summed E-state index contributed by atoms with van der Waals surface area (Å²) < 4.78 is 10.6. The number of ether oxygens (including phenoxy) is 2. The Morgan fingerprint density at radius 2 is 2.08 bits per heavy atom. The molecular weight excluding hydrogens is 338 g/mol. The summed E-state index contributed by atoms with van der Waals surface area (Å²) in [5, 5.41) is 6.01. The van der Waals surface area contributed by atoms with E-state index < -0.39 is 0 Å². The van der Waals surface area contributed by atoms with Crippen molar-refractivity contribution in [3.05, 3.63) is 29.3 Å². The van der Waals surface area contributed by atoms with E-state index in [1.165, 1.54) is 0 Å². The second-order valence-corrected chi connectivity index (χ2v) is 7.22. The third kappa shape index (κ3) is 4.70. The van der Waals surface area contributed by atoms with Crippen LogP contribution in [0, 0.1) is 0 Å². The number of thiazole rings is 1. The molecule has 1 aromatic carbocycles. The summed E-state index contributed by atoms with van der Waals surface area (Å²) in [6.45, 7) is 1.20. The smallest absolute Gasteiger partial charge is 0.275 e. The molecule has 3 rings (SSSR count). The van der Waals surface area contributed by atoms with E-state index in [2.05, 4.69) is 5.32 Å². The Morgan fingerprint density at radius 3 is 2.76 bits per heavy atom. The van der Waals surface area contributed by atoms with Crippen LogP contribution in [0.3, 0.4) is 0 Å². The highest BCUT2D eigenvalue weighted by atomic mass is 32.1. The first-order chi connectivity index (χ1) is 12.1. The molecule has 0 spiro atoms. The third-order valence-electron chi connectivity index (χ3n) is 4.07. The molecule has 2 N–H and O–H groups in total. The van der Waals surface area contributed by atoms with Crippen LogP contribution in [0.4, 0.5) is 0 Å². The van der Waals surface area contributed by atoms with Gasteiger partial charge in [-0.15, -0.1) is 11.3 Å². The number of methoxy groups -OCH3 is 2. The van der Waals surface area contributed by atoms with Crippen molar-refractivity contribution in [1.82, 2.24) is 10.3 Å². The number of nitrogens with one attached hydrogen (secondary N) is 2. The van der Waals surface area contributed by atoms with Crippen LogP contribution in [0.25, 0.3) is 10.6 Å². The molecule has 134 valence electrons. The normalized spacial score (nSPS) is 14.8. The van der Waals surface area contributed by atoms with Crippen LogP contribution in [-0.4, -0.2) is 44.7 Å². The number of benzene rings is 1. The van der Waals surface area contributed by atoms with Gasteiger partial charge < -0.3 is 19.7 Å². The van der Waals surface area contributed by atoms with Crippen molar-refractivity contribution >= 4 is 17.2 Å². The van der Waals surface area contributed by atoms with Crippen LogP contribution in [-0.2, 0) is 11.3 Å². The predicted molar refractivity (Wildman–Crippen MR) is 97.3 cm³/mol. The molecule has 1 aliphatic rings. The maximum Gasteiger partial charge on any atom is 0.275 e. The van der Waals surface area contributed by atoms with Gasteiger partial charge in [-0.1, -0.05) is 0 Å². The molecule has 7 heteroatoms. The van der Waals surface area contributed by atoms with Gasteiger partial charge in [0, 0.05) is 17.0 Å². The first-order valence-electron chi connectivity index (χ1n) is 8.36. The van der Waals surface area contributed by atoms with E-state index in [0.717, 1.165) is 40.6 Å². The zero-order chi connectivity index (χ0) is 17.8. The monoisotopic (exact) mass is 362 g/mol. The number of hydrogen-bond acceptors (Lipinski definition) is 5. The molecule has 1 fully saturated rings. The first kappa shape index (κ1) is 17.7. The Labute approximate surface area is 151 Å². The molecule has 0 bridgehead atoms. The van der Waals surface area contributed by atoms with Crippen LogP contribution in [0.5, 0.6) is 11.5 Å². The Kier molecular flexibility index (Phi) is 5.55. The molecule has 1 aromatic heterocycles. The number of aromatic nitrogens is 1. The summed E-state index contributed by atoms with van der Waals surface area (Å²) >= 11 is 1.60. The summed E-state index contributed by atoms with van der Waals surface area (Å²) in [7, 11) is 5.26. The lowest BCUT2D eigenvalue weighted by molar-refractivity contribution is -0.885. The largest absolute Gasteiger partial charge is 0.493 e. The SMILES string of the molecule is COc1ccc(-c2nc(C[NH+](C)CC(=O)NC3CC3)cs2)cc1OC.